The summed E-state index contributed by atoms with van der Waals surface area (Å²) in [6, 6.07) is 28.0. The van der Waals surface area contributed by atoms with Gasteiger partial charge in [-0.3, -0.25) is 9.59 Å². The van der Waals surface area contributed by atoms with E-state index in [9.17, 15) is 4.79 Å². The fourth-order valence-corrected chi connectivity index (χ4v) is 9.12. The van der Waals surface area contributed by atoms with Gasteiger partial charge in [-0.1, -0.05) is 151 Å². The van der Waals surface area contributed by atoms with Crippen LogP contribution in [-0.2, 0) is 9.59 Å². The molecule has 6 aliphatic rings. The van der Waals surface area contributed by atoms with Crippen molar-refractivity contribution in [1.29, 1.82) is 0 Å². The second kappa shape index (κ2) is 15.9. The van der Waals surface area contributed by atoms with Gasteiger partial charge in [0.25, 0.3) is 0 Å². The van der Waals surface area contributed by atoms with Crippen molar-refractivity contribution in [2.75, 3.05) is 0 Å². The van der Waals surface area contributed by atoms with Crippen LogP contribution in [0, 0.1) is 30.6 Å². The SMILES string of the molecule is C#Cc1cccc(C2=C(c3ccccc3)C(=O)C(C3=CCCC=C3)=C2C2=CC=C(C3=C(c4ccccc4)C(=O)C(C4=CCCC=C4)=C3C3=CC(C#C)CC=C3)CC2)c1. The third kappa shape index (κ3) is 6.58. The molecule has 0 heterocycles. The standard InChI is InChI=1S/C56H42O2/c1-3-37-19-17-29-45(35-37)49-47(51(39-21-9-5-10-22-39)55(57)53(49)41-25-13-7-14-26-41)43-31-33-44(34-32-43)48-50(46-30-18-20-38(4-2)36-46)54(42-27-15-8-16-28-42)56(58)52(48)40-23-11-6-12-24-40/h1-2,5,8-11,13,15-18,20-31,33,35-37H,6-7,12,14,19,32,34H2. The number of benzene rings is 3. The van der Waals surface area contributed by atoms with Crippen LogP contribution in [0.2, 0.25) is 0 Å². The molecular formula is C56H42O2. The lowest BCUT2D eigenvalue weighted by Gasteiger charge is -2.24. The van der Waals surface area contributed by atoms with Gasteiger partial charge in [0.1, 0.15) is 0 Å². The third-order valence-electron chi connectivity index (χ3n) is 11.8. The maximum Gasteiger partial charge on any atom is 0.195 e. The summed E-state index contributed by atoms with van der Waals surface area (Å²) in [4.78, 5) is 30.0. The van der Waals surface area contributed by atoms with Crippen molar-refractivity contribution in [2.45, 2.75) is 44.9 Å². The van der Waals surface area contributed by atoms with Crippen molar-refractivity contribution in [3.63, 3.8) is 0 Å². The van der Waals surface area contributed by atoms with Gasteiger partial charge < -0.3 is 0 Å². The maximum atomic E-state index is 15.0. The summed E-state index contributed by atoms with van der Waals surface area (Å²) in [6.45, 7) is 0. The van der Waals surface area contributed by atoms with E-state index in [0.717, 1.165) is 121 Å². The molecule has 1 unspecified atom stereocenters. The Labute approximate surface area is 341 Å². The number of hydrogen-bond donors (Lipinski definition) is 0. The summed E-state index contributed by atoms with van der Waals surface area (Å²) in [5.41, 5.74) is 15.2. The minimum Gasteiger partial charge on any atom is -0.289 e. The van der Waals surface area contributed by atoms with E-state index in [1.165, 1.54) is 0 Å². The summed E-state index contributed by atoms with van der Waals surface area (Å²) in [7, 11) is 0. The van der Waals surface area contributed by atoms with Gasteiger partial charge >= 0.3 is 0 Å². The first-order valence-electron chi connectivity index (χ1n) is 20.3. The Morgan fingerprint density at radius 2 is 1.03 bits per heavy atom. The number of hydrogen-bond acceptors (Lipinski definition) is 2. The smallest absolute Gasteiger partial charge is 0.195 e. The van der Waals surface area contributed by atoms with Gasteiger partial charge in [0.05, 0.1) is 0 Å². The average molecular weight is 747 g/mol. The van der Waals surface area contributed by atoms with Crippen molar-refractivity contribution < 1.29 is 9.59 Å². The van der Waals surface area contributed by atoms with Crippen LogP contribution in [0.1, 0.15) is 67.2 Å². The monoisotopic (exact) mass is 746 g/mol. The minimum absolute atomic E-state index is 0.0222. The zero-order valence-corrected chi connectivity index (χ0v) is 32.4. The van der Waals surface area contributed by atoms with Crippen molar-refractivity contribution in [3.05, 3.63) is 230 Å². The second-order valence-corrected chi connectivity index (χ2v) is 15.3. The van der Waals surface area contributed by atoms with E-state index in [1.807, 2.05) is 78.9 Å². The van der Waals surface area contributed by atoms with E-state index in [0.29, 0.717) is 18.4 Å². The Balaban J connectivity index is 1.28. The first kappa shape index (κ1) is 36.6. The lowest BCUT2D eigenvalue weighted by atomic mass is 9.79. The zero-order valence-electron chi connectivity index (χ0n) is 32.4. The third-order valence-corrected chi connectivity index (χ3v) is 11.8. The Kier molecular flexibility index (Phi) is 10.0. The highest BCUT2D eigenvalue weighted by Gasteiger charge is 2.40. The molecule has 0 N–H and O–H groups in total. The molecule has 278 valence electrons. The molecule has 0 saturated heterocycles. The molecule has 2 nitrogen and oxygen atoms in total. The summed E-state index contributed by atoms with van der Waals surface area (Å²) in [5, 5.41) is 0. The van der Waals surface area contributed by atoms with Crippen LogP contribution in [0.15, 0.2) is 207 Å². The van der Waals surface area contributed by atoms with Crippen molar-refractivity contribution in [1.82, 2.24) is 0 Å². The lowest BCUT2D eigenvalue weighted by molar-refractivity contribution is -0.110. The van der Waals surface area contributed by atoms with Gasteiger partial charge in [0.15, 0.2) is 11.6 Å². The molecule has 0 radical (unpaired) electrons. The van der Waals surface area contributed by atoms with Crippen LogP contribution in [0.25, 0.3) is 16.7 Å². The van der Waals surface area contributed by atoms with E-state index < -0.39 is 0 Å². The van der Waals surface area contributed by atoms with Crippen LogP contribution in [0.4, 0.5) is 0 Å². The molecule has 0 fully saturated rings. The first-order valence-corrected chi connectivity index (χ1v) is 20.3. The van der Waals surface area contributed by atoms with E-state index in [4.69, 9.17) is 12.8 Å². The highest BCUT2D eigenvalue weighted by atomic mass is 16.1. The van der Waals surface area contributed by atoms with Crippen molar-refractivity contribution >= 4 is 28.3 Å². The van der Waals surface area contributed by atoms with Gasteiger partial charge in [-0.25, -0.2) is 0 Å². The van der Waals surface area contributed by atoms with Gasteiger partial charge in [-0.15, -0.1) is 12.8 Å². The Morgan fingerprint density at radius 3 is 1.57 bits per heavy atom. The van der Waals surface area contributed by atoms with Gasteiger partial charge in [-0.2, -0.15) is 0 Å². The Hall–Kier alpha value is -7.00. The number of Topliss-reactive ketones (excluding diaryl/α,β-unsaturated/α-hetero) is 2. The topological polar surface area (TPSA) is 34.1 Å². The number of carbonyl (C=O) groups is 2. The molecule has 0 aliphatic heterocycles. The molecule has 0 bridgehead atoms. The fraction of sp³-hybridized carbons (Fsp3) is 0.143. The van der Waals surface area contributed by atoms with Crippen LogP contribution >= 0.6 is 0 Å². The maximum absolute atomic E-state index is 15.0. The van der Waals surface area contributed by atoms with E-state index in [2.05, 4.69) is 84.7 Å². The van der Waals surface area contributed by atoms with Crippen LogP contribution in [0.5, 0.6) is 0 Å². The molecule has 0 saturated carbocycles. The van der Waals surface area contributed by atoms with Crippen LogP contribution in [-0.4, -0.2) is 11.6 Å². The second-order valence-electron chi connectivity index (χ2n) is 15.3. The molecule has 58 heavy (non-hydrogen) atoms. The van der Waals surface area contributed by atoms with Crippen molar-refractivity contribution in [2.24, 2.45) is 5.92 Å². The quantitative estimate of drug-likeness (QED) is 0.215. The van der Waals surface area contributed by atoms with Crippen LogP contribution in [0.3, 0.4) is 0 Å². The normalized spacial score (nSPS) is 20.5. The van der Waals surface area contributed by atoms with E-state index in [1.54, 1.807) is 0 Å². The zero-order chi connectivity index (χ0) is 39.6. The molecular weight excluding hydrogens is 705 g/mol. The molecule has 6 aliphatic carbocycles. The molecule has 0 spiro atoms. The average Bonchev–Trinajstić information content (AvgIpc) is 3.78. The number of allylic oxidation sites excluding steroid dienone is 24. The first-order chi connectivity index (χ1) is 28.6. The predicted octanol–water partition coefficient (Wildman–Crippen LogP) is 12.1. The van der Waals surface area contributed by atoms with Gasteiger partial charge in [0, 0.05) is 44.9 Å². The highest BCUT2D eigenvalue weighted by Crippen LogP contribution is 2.52. The largest absolute Gasteiger partial charge is 0.289 e. The lowest BCUT2D eigenvalue weighted by Crippen LogP contribution is -2.08. The number of carbonyl (C=O) groups excluding carboxylic acids is 2. The summed E-state index contributed by atoms with van der Waals surface area (Å²) < 4.78 is 0. The Bertz CT molecular complexity index is 2760. The summed E-state index contributed by atoms with van der Waals surface area (Å²) in [5.74, 6) is 5.77. The number of rotatable bonds is 8. The summed E-state index contributed by atoms with van der Waals surface area (Å²) in [6.07, 6.45) is 41.5. The molecule has 2 heteroatoms. The summed E-state index contributed by atoms with van der Waals surface area (Å²) >= 11 is 0. The molecule has 3 aromatic rings. The molecule has 0 amide bonds. The van der Waals surface area contributed by atoms with E-state index >= 15 is 4.79 Å². The van der Waals surface area contributed by atoms with Crippen molar-refractivity contribution in [3.8, 4) is 24.7 Å². The van der Waals surface area contributed by atoms with Crippen LogP contribution < -0.4 is 0 Å². The Morgan fingerprint density at radius 1 is 0.500 bits per heavy atom. The molecule has 1 atom stereocenters. The molecule has 3 aromatic carbocycles. The predicted molar refractivity (Wildman–Crippen MR) is 238 cm³/mol. The molecule has 0 aromatic heterocycles. The minimum atomic E-state index is -0.0565. The highest BCUT2D eigenvalue weighted by molar-refractivity contribution is 6.42. The fourth-order valence-electron chi connectivity index (χ4n) is 9.12. The number of terminal acetylenes is 2. The molecule has 9 rings (SSSR count). The van der Waals surface area contributed by atoms with Gasteiger partial charge in [-0.05, 0) is 113 Å². The van der Waals surface area contributed by atoms with Gasteiger partial charge in [0.2, 0.25) is 0 Å². The van der Waals surface area contributed by atoms with E-state index in [-0.39, 0.29) is 17.5 Å². The number of ketones is 2.